The van der Waals surface area contributed by atoms with E-state index in [1.807, 2.05) is 0 Å². The summed E-state index contributed by atoms with van der Waals surface area (Å²) in [5, 5.41) is 0.405. The minimum atomic E-state index is -1.18. The summed E-state index contributed by atoms with van der Waals surface area (Å²) in [4.78, 5) is 0. The highest BCUT2D eigenvalue weighted by atomic mass is 79.9. The average molecular weight is 289 g/mol. The Hall–Kier alpha value is 0.170. The molecule has 0 amide bonds. The van der Waals surface area contributed by atoms with Gasteiger partial charge in [0.05, 0.1) is 0 Å². The van der Waals surface area contributed by atoms with E-state index in [4.69, 9.17) is 17.3 Å². The van der Waals surface area contributed by atoms with E-state index < -0.39 is 6.17 Å². The second-order valence-corrected chi connectivity index (χ2v) is 3.69. The number of benzene rings is 1. The van der Waals surface area contributed by atoms with E-state index in [1.165, 1.54) is 0 Å². The van der Waals surface area contributed by atoms with Crippen molar-refractivity contribution in [3.05, 3.63) is 33.3 Å². The van der Waals surface area contributed by atoms with Gasteiger partial charge < -0.3 is 5.73 Å². The summed E-state index contributed by atoms with van der Waals surface area (Å²) >= 11 is 9.01. The van der Waals surface area contributed by atoms with E-state index in [0.717, 1.165) is 4.47 Å². The van der Waals surface area contributed by atoms with Crippen LogP contribution in [0.1, 0.15) is 11.7 Å². The molecule has 0 aliphatic rings. The summed E-state index contributed by atoms with van der Waals surface area (Å²) in [6.45, 7) is -0.0403. The Morgan fingerprint density at radius 3 is 2.62 bits per heavy atom. The molecule has 1 aromatic rings. The van der Waals surface area contributed by atoms with E-state index in [9.17, 15) is 4.39 Å². The Kier molecular flexibility index (Phi) is 5.88. The van der Waals surface area contributed by atoms with Crippen LogP contribution < -0.4 is 5.73 Å². The predicted molar refractivity (Wildman–Crippen MR) is 59.3 cm³/mol. The standard InChI is InChI=1S/C8H8BrClFN.ClH/c9-5-1-2-6(7(10)3-5)8(11)4-12;/h1-3,8H,4,12H2;1H. The zero-order valence-corrected chi connectivity index (χ0v) is 9.79. The van der Waals surface area contributed by atoms with Crippen molar-refractivity contribution < 1.29 is 4.39 Å². The molecular formula is C8H9BrCl2FN. The first-order valence-electron chi connectivity index (χ1n) is 3.44. The summed E-state index contributed by atoms with van der Waals surface area (Å²) < 4.78 is 13.9. The largest absolute Gasteiger partial charge is 0.327 e. The summed E-state index contributed by atoms with van der Waals surface area (Å²) in [6.07, 6.45) is -1.18. The number of halogens is 4. The fraction of sp³-hybridized carbons (Fsp3) is 0.250. The summed E-state index contributed by atoms with van der Waals surface area (Å²) in [5.41, 5.74) is 5.61. The Bertz CT molecular complexity index is 283. The molecule has 0 aliphatic heterocycles. The van der Waals surface area contributed by atoms with Crippen LogP contribution in [0.2, 0.25) is 5.02 Å². The normalized spacial score (nSPS) is 12.0. The fourth-order valence-corrected chi connectivity index (χ4v) is 1.67. The molecule has 1 rings (SSSR count). The minimum Gasteiger partial charge on any atom is -0.327 e. The Balaban J connectivity index is 0.00000144. The molecule has 5 heteroatoms. The third kappa shape index (κ3) is 3.43. The lowest BCUT2D eigenvalue weighted by atomic mass is 10.1. The topological polar surface area (TPSA) is 26.0 Å². The van der Waals surface area contributed by atoms with Crippen molar-refractivity contribution in [2.75, 3.05) is 6.54 Å². The van der Waals surface area contributed by atoms with Gasteiger partial charge >= 0.3 is 0 Å². The first kappa shape index (κ1) is 13.2. The van der Waals surface area contributed by atoms with Crippen molar-refractivity contribution in [3.8, 4) is 0 Å². The molecule has 0 radical (unpaired) electrons. The number of alkyl halides is 1. The molecule has 74 valence electrons. The lowest BCUT2D eigenvalue weighted by Crippen LogP contribution is -2.07. The SMILES string of the molecule is Cl.NCC(F)c1ccc(Br)cc1Cl. The Morgan fingerprint density at radius 1 is 1.54 bits per heavy atom. The van der Waals surface area contributed by atoms with Crippen molar-refractivity contribution in [1.82, 2.24) is 0 Å². The van der Waals surface area contributed by atoms with Gasteiger partial charge in [-0.25, -0.2) is 4.39 Å². The third-order valence-corrected chi connectivity index (χ3v) is 2.33. The molecule has 1 atom stereocenters. The van der Waals surface area contributed by atoms with E-state index in [0.29, 0.717) is 10.6 Å². The highest BCUT2D eigenvalue weighted by Gasteiger charge is 2.10. The highest BCUT2D eigenvalue weighted by Crippen LogP contribution is 2.27. The number of nitrogens with two attached hydrogens (primary N) is 1. The number of rotatable bonds is 2. The molecular weight excluding hydrogens is 280 g/mol. The molecule has 0 bridgehead atoms. The summed E-state index contributed by atoms with van der Waals surface area (Å²) in [6, 6.07) is 5.02. The van der Waals surface area contributed by atoms with Crippen molar-refractivity contribution in [3.63, 3.8) is 0 Å². The molecule has 2 N–H and O–H groups in total. The Morgan fingerprint density at radius 2 is 2.15 bits per heavy atom. The molecule has 0 spiro atoms. The van der Waals surface area contributed by atoms with Gasteiger partial charge in [0.1, 0.15) is 6.17 Å². The van der Waals surface area contributed by atoms with E-state index in [2.05, 4.69) is 15.9 Å². The van der Waals surface area contributed by atoms with Crippen molar-refractivity contribution in [2.45, 2.75) is 6.17 Å². The van der Waals surface area contributed by atoms with E-state index in [1.54, 1.807) is 18.2 Å². The monoisotopic (exact) mass is 287 g/mol. The highest BCUT2D eigenvalue weighted by molar-refractivity contribution is 9.10. The van der Waals surface area contributed by atoms with Gasteiger partial charge in [0.25, 0.3) is 0 Å². The van der Waals surface area contributed by atoms with Crippen molar-refractivity contribution in [1.29, 1.82) is 0 Å². The van der Waals surface area contributed by atoms with Gasteiger partial charge in [-0.2, -0.15) is 0 Å². The van der Waals surface area contributed by atoms with Crippen LogP contribution in [-0.2, 0) is 0 Å². The maximum Gasteiger partial charge on any atom is 0.139 e. The smallest absolute Gasteiger partial charge is 0.139 e. The predicted octanol–water partition coefficient (Wildman–Crippen LogP) is 3.49. The van der Waals surface area contributed by atoms with Crippen LogP contribution >= 0.6 is 39.9 Å². The van der Waals surface area contributed by atoms with Crippen LogP contribution in [0.5, 0.6) is 0 Å². The molecule has 0 fully saturated rings. The quantitative estimate of drug-likeness (QED) is 0.886. The van der Waals surface area contributed by atoms with E-state index >= 15 is 0 Å². The maximum atomic E-state index is 13.0. The summed E-state index contributed by atoms with van der Waals surface area (Å²) in [7, 11) is 0. The van der Waals surface area contributed by atoms with Crippen molar-refractivity contribution >= 4 is 39.9 Å². The lowest BCUT2D eigenvalue weighted by Gasteiger charge is -2.07. The lowest BCUT2D eigenvalue weighted by molar-refractivity contribution is 0.353. The first-order chi connectivity index (χ1) is 5.65. The van der Waals surface area contributed by atoms with Crippen molar-refractivity contribution in [2.24, 2.45) is 5.73 Å². The average Bonchev–Trinajstić information content (AvgIpc) is 2.03. The fourth-order valence-electron chi connectivity index (χ4n) is 0.883. The van der Waals surface area contributed by atoms with Gasteiger partial charge in [-0.15, -0.1) is 12.4 Å². The second kappa shape index (κ2) is 5.81. The maximum absolute atomic E-state index is 13.0. The molecule has 0 saturated heterocycles. The third-order valence-electron chi connectivity index (χ3n) is 1.51. The molecule has 0 heterocycles. The van der Waals surface area contributed by atoms with Gasteiger partial charge in [0, 0.05) is 21.6 Å². The minimum absolute atomic E-state index is 0. The molecule has 1 unspecified atom stereocenters. The van der Waals surface area contributed by atoms with Crippen LogP contribution in [0.15, 0.2) is 22.7 Å². The first-order valence-corrected chi connectivity index (χ1v) is 4.61. The van der Waals surface area contributed by atoms with Gasteiger partial charge in [-0.1, -0.05) is 33.6 Å². The van der Waals surface area contributed by atoms with Gasteiger partial charge in [-0.05, 0) is 12.1 Å². The zero-order valence-electron chi connectivity index (χ0n) is 6.64. The van der Waals surface area contributed by atoms with Gasteiger partial charge in [-0.3, -0.25) is 0 Å². The van der Waals surface area contributed by atoms with Gasteiger partial charge in [0.15, 0.2) is 0 Å². The van der Waals surface area contributed by atoms with E-state index in [-0.39, 0.29) is 19.0 Å². The molecule has 13 heavy (non-hydrogen) atoms. The Labute approximate surface area is 96.0 Å². The molecule has 0 aliphatic carbocycles. The van der Waals surface area contributed by atoms with Crippen LogP contribution in [0.3, 0.4) is 0 Å². The molecule has 1 aromatic carbocycles. The van der Waals surface area contributed by atoms with Crippen LogP contribution in [0, 0.1) is 0 Å². The number of hydrogen-bond acceptors (Lipinski definition) is 1. The van der Waals surface area contributed by atoms with Crippen LogP contribution in [-0.4, -0.2) is 6.54 Å². The van der Waals surface area contributed by atoms with Crippen LogP contribution in [0.4, 0.5) is 4.39 Å². The van der Waals surface area contributed by atoms with Gasteiger partial charge in [0.2, 0.25) is 0 Å². The molecule has 0 saturated carbocycles. The van der Waals surface area contributed by atoms with Crippen LogP contribution in [0.25, 0.3) is 0 Å². The number of hydrogen-bond donors (Lipinski definition) is 1. The molecule has 1 nitrogen and oxygen atoms in total. The molecule has 0 aromatic heterocycles. The second-order valence-electron chi connectivity index (χ2n) is 2.37. The zero-order chi connectivity index (χ0) is 9.14. The summed E-state index contributed by atoms with van der Waals surface area (Å²) in [5.74, 6) is 0.